The fourth-order valence-electron chi connectivity index (χ4n) is 2.10. The van der Waals surface area contributed by atoms with E-state index in [0.29, 0.717) is 0 Å². The fourth-order valence-corrected chi connectivity index (χ4v) is 2.10. The van der Waals surface area contributed by atoms with Crippen LogP contribution >= 0.6 is 0 Å². The molecule has 0 bridgehead atoms. The van der Waals surface area contributed by atoms with Crippen molar-refractivity contribution in [1.29, 1.82) is 0 Å². The van der Waals surface area contributed by atoms with Gasteiger partial charge in [-0.15, -0.1) is 0 Å². The fraction of sp³-hybridized carbons (Fsp3) is 0.625. The first-order chi connectivity index (χ1) is 11.3. The Bertz CT molecular complexity index is 538. The van der Waals surface area contributed by atoms with Crippen LogP contribution in [0.3, 0.4) is 0 Å². The van der Waals surface area contributed by atoms with Gasteiger partial charge in [-0.1, -0.05) is 32.0 Å². The quantitative estimate of drug-likeness (QED) is 0.574. The number of methoxy groups -OCH3 is 1. The first kappa shape index (κ1) is 21.5. The van der Waals surface area contributed by atoms with Crippen LogP contribution in [0.5, 0.6) is 5.75 Å². The van der Waals surface area contributed by atoms with Crippen molar-refractivity contribution in [3.05, 3.63) is 29.8 Å². The molecular formula is C16H19F7O2. The molecule has 25 heavy (non-hydrogen) atoms. The van der Waals surface area contributed by atoms with Gasteiger partial charge in [-0.25, -0.2) is 4.39 Å². The maximum atomic E-state index is 14.0. The van der Waals surface area contributed by atoms with Gasteiger partial charge in [0.25, 0.3) is 0 Å². The summed E-state index contributed by atoms with van der Waals surface area (Å²) in [5, 5.41) is 0. The summed E-state index contributed by atoms with van der Waals surface area (Å²) in [7, 11) is 0.914. The molecule has 1 aromatic rings. The van der Waals surface area contributed by atoms with Gasteiger partial charge in [-0.05, 0) is 12.0 Å². The van der Waals surface area contributed by atoms with Gasteiger partial charge in [0.2, 0.25) is 0 Å². The second kappa shape index (κ2) is 7.80. The molecule has 0 heterocycles. The Morgan fingerprint density at radius 3 is 1.88 bits per heavy atom. The first-order valence-electron chi connectivity index (χ1n) is 7.40. The molecule has 0 aliphatic heterocycles. The number of hydrogen-bond acceptors (Lipinski definition) is 2. The highest BCUT2D eigenvalue weighted by molar-refractivity contribution is 5.35. The smallest absolute Gasteiger partial charge is 0.431 e. The summed E-state index contributed by atoms with van der Waals surface area (Å²) >= 11 is 0. The number of hydrogen-bond donors (Lipinski definition) is 0. The van der Waals surface area contributed by atoms with E-state index in [0.717, 1.165) is 7.11 Å². The van der Waals surface area contributed by atoms with E-state index in [9.17, 15) is 30.7 Å². The van der Waals surface area contributed by atoms with Crippen LogP contribution in [0.25, 0.3) is 0 Å². The molecule has 0 aliphatic rings. The molecule has 1 rings (SSSR count). The SMILES string of the molecule is COC(CC(F)(C(F)(F)F)C(F)(F)F)c1ccccc1OCC(C)C. The van der Waals surface area contributed by atoms with Crippen LogP contribution in [0.4, 0.5) is 30.7 Å². The number of rotatable bonds is 7. The van der Waals surface area contributed by atoms with Crippen LogP contribution in [0.15, 0.2) is 24.3 Å². The Kier molecular flexibility index (Phi) is 6.72. The lowest BCUT2D eigenvalue weighted by Crippen LogP contribution is -2.54. The molecule has 0 aromatic heterocycles. The van der Waals surface area contributed by atoms with Gasteiger partial charge >= 0.3 is 18.0 Å². The topological polar surface area (TPSA) is 18.5 Å². The first-order valence-corrected chi connectivity index (χ1v) is 7.40. The summed E-state index contributed by atoms with van der Waals surface area (Å²) in [5.74, 6) is 0.120. The minimum absolute atomic E-state index is 0.0507. The predicted octanol–water partition coefficient (Wildman–Crippen LogP) is 5.63. The Morgan fingerprint density at radius 1 is 0.920 bits per heavy atom. The lowest BCUT2D eigenvalue weighted by molar-refractivity contribution is -0.348. The minimum atomic E-state index is -6.13. The number of halogens is 7. The molecule has 0 fully saturated rings. The summed E-state index contributed by atoms with van der Waals surface area (Å²) < 4.78 is 101. The van der Waals surface area contributed by atoms with E-state index in [2.05, 4.69) is 0 Å². The average molecular weight is 376 g/mol. The standard InChI is InChI=1S/C16H19F7O2/c1-10(2)9-25-12-7-5-4-6-11(12)13(24-3)8-14(17,15(18,19)20)16(21,22)23/h4-7,10,13H,8-9H2,1-3H3. The second-order valence-corrected chi connectivity index (χ2v) is 5.97. The van der Waals surface area contributed by atoms with Crippen LogP contribution in [-0.2, 0) is 4.74 Å². The molecular weight excluding hydrogens is 357 g/mol. The maximum Gasteiger partial charge on any atom is 0.431 e. The highest BCUT2D eigenvalue weighted by atomic mass is 19.4. The predicted molar refractivity (Wildman–Crippen MR) is 77.1 cm³/mol. The number of alkyl halides is 7. The van der Waals surface area contributed by atoms with Crippen LogP contribution in [0, 0.1) is 5.92 Å². The van der Waals surface area contributed by atoms with Gasteiger partial charge in [0, 0.05) is 19.1 Å². The van der Waals surface area contributed by atoms with E-state index in [-0.39, 0.29) is 23.8 Å². The summed E-state index contributed by atoms with van der Waals surface area (Å²) in [6.07, 6.45) is -16.0. The Balaban J connectivity index is 3.22. The van der Waals surface area contributed by atoms with E-state index in [1.807, 2.05) is 13.8 Å². The van der Waals surface area contributed by atoms with Crippen molar-refractivity contribution in [2.24, 2.45) is 5.92 Å². The molecule has 0 aliphatic carbocycles. The largest absolute Gasteiger partial charge is 0.493 e. The molecule has 0 radical (unpaired) electrons. The van der Waals surface area contributed by atoms with Crippen LogP contribution in [-0.4, -0.2) is 31.7 Å². The molecule has 0 spiro atoms. The zero-order chi connectivity index (χ0) is 19.5. The lowest BCUT2D eigenvalue weighted by Gasteiger charge is -2.33. The van der Waals surface area contributed by atoms with Gasteiger partial charge in [-0.3, -0.25) is 0 Å². The van der Waals surface area contributed by atoms with E-state index >= 15 is 0 Å². The van der Waals surface area contributed by atoms with Crippen molar-refractivity contribution >= 4 is 0 Å². The lowest BCUT2D eigenvalue weighted by atomic mass is 9.92. The number of ether oxygens (including phenoxy) is 2. The molecule has 1 aromatic carbocycles. The summed E-state index contributed by atoms with van der Waals surface area (Å²) in [6, 6.07) is 5.52. The number of benzene rings is 1. The minimum Gasteiger partial charge on any atom is -0.493 e. The van der Waals surface area contributed by atoms with E-state index < -0.39 is 30.5 Å². The summed E-state index contributed by atoms with van der Waals surface area (Å²) in [5.41, 5.74) is -5.48. The van der Waals surface area contributed by atoms with Gasteiger partial charge in [-0.2, -0.15) is 26.3 Å². The molecule has 0 saturated carbocycles. The molecule has 2 nitrogen and oxygen atoms in total. The van der Waals surface area contributed by atoms with Gasteiger partial charge in [0.05, 0.1) is 12.7 Å². The Labute approximate surface area is 140 Å². The molecule has 1 atom stereocenters. The van der Waals surface area contributed by atoms with Crippen LogP contribution < -0.4 is 4.74 Å². The van der Waals surface area contributed by atoms with Crippen LogP contribution in [0.1, 0.15) is 31.9 Å². The van der Waals surface area contributed by atoms with Crippen LogP contribution in [0.2, 0.25) is 0 Å². The Hall–Kier alpha value is -1.51. The highest BCUT2D eigenvalue weighted by Gasteiger charge is 2.72. The van der Waals surface area contributed by atoms with Crippen molar-refractivity contribution in [2.75, 3.05) is 13.7 Å². The Morgan fingerprint density at radius 2 is 1.44 bits per heavy atom. The van der Waals surface area contributed by atoms with Crippen molar-refractivity contribution < 1.29 is 40.2 Å². The third-order valence-electron chi connectivity index (χ3n) is 3.49. The van der Waals surface area contributed by atoms with E-state index in [1.165, 1.54) is 24.3 Å². The van der Waals surface area contributed by atoms with E-state index in [4.69, 9.17) is 9.47 Å². The molecule has 0 amide bonds. The normalized spacial score (nSPS) is 14.7. The number of para-hydroxylation sites is 1. The third kappa shape index (κ3) is 4.99. The maximum absolute atomic E-state index is 14.0. The zero-order valence-corrected chi connectivity index (χ0v) is 13.8. The molecule has 0 saturated heterocycles. The summed E-state index contributed by atoms with van der Waals surface area (Å²) in [4.78, 5) is 0. The average Bonchev–Trinajstić information content (AvgIpc) is 2.48. The molecule has 9 heteroatoms. The third-order valence-corrected chi connectivity index (χ3v) is 3.49. The highest BCUT2D eigenvalue weighted by Crippen LogP contribution is 2.51. The zero-order valence-electron chi connectivity index (χ0n) is 13.8. The van der Waals surface area contributed by atoms with E-state index in [1.54, 1.807) is 0 Å². The molecule has 1 unspecified atom stereocenters. The summed E-state index contributed by atoms with van der Waals surface area (Å²) in [6.45, 7) is 3.82. The van der Waals surface area contributed by atoms with Gasteiger partial charge in [0.1, 0.15) is 5.75 Å². The second-order valence-electron chi connectivity index (χ2n) is 5.97. The molecule has 144 valence electrons. The monoisotopic (exact) mass is 376 g/mol. The van der Waals surface area contributed by atoms with Crippen molar-refractivity contribution in [3.63, 3.8) is 0 Å². The van der Waals surface area contributed by atoms with Crippen molar-refractivity contribution in [1.82, 2.24) is 0 Å². The van der Waals surface area contributed by atoms with Gasteiger partial charge in [0.15, 0.2) is 0 Å². The molecule has 0 N–H and O–H groups in total. The van der Waals surface area contributed by atoms with Crippen molar-refractivity contribution in [2.45, 2.75) is 44.4 Å². The van der Waals surface area contributed by atoms with Crippen molar-refractivity contribution in [3.8, 4) is 5.75 Å². The van der Waals surface area contributed by atoms with Gasteiger partial charge < -0.3 is 9.47 Å².